The Kier molecular flexibility index (Phi) is 5.35. The number of nitro groups is 1. The number of ether oxygens (including phenoxy) is 2. The predicted octanol–water partition coefficient (Wildman–Crippen LogP) is 4.61. The Morgan fingerprint density at radius 2 is 1.82 bits per heavy atom. The number of amides is 1. The van der Waals surface area contributed by atoms with Crippen molar-refractivity contribution in [3.8, 4) is 11.5 Å². The fourth-order valence-electron chi connectivity index (χ4n) is 2.75. The van der Waals surface area contributed by atoms with E-state index in [1.807, 2.05) is 18.2 Å². The summed E-state index contributed by atoms with van der Waals surface area (Å²) in [6.45, 7) is -3.20. The maximum atomic E-state index is 12.7. The number of nitro benzene ring substituents is 1. The molecule has 0 spiro atoms. The molecule has 0 fully saturated rings. The minimum atomic E-state index is -3.20. The summed E-state index contributed by atoms with van der Waals surface area (Å²) in [5.74, 6) is -1.55. The van der Waals surface area contributed by atoms with E-state index in [9.17, 15) is 23.7 Å². The lowest BCUT2D eigenvalue weighted by molar-refractivity contribution is -0.385. The van der Waals surface area contributed by atoms with Crippen LogP contribution in [0.2, 0.25) is 0 Å². The van der Waals surface area contributed by atoms with Crippen molar-refractivity contribution >= 4 is 28.1 Å². The lowest BCUT2D eigenvalue weighted by Crippen LogP contribution is -2.15. The summed E-state index contributed by atoms with van der Waals surface area (Å²) in [7, 11) is 1.17. The van der Waals surface area contributed by atoms with Gasteiger partial charge in [-0.05, 0) is 11.5 Å². The quantitative estimate of drug-likeness (QED) is 0.492. The molecule has 9 heteroatoms. The highest BCUT2D eigenvalue weighted by Crippen LogP contribution is 2.36. The van der Waals surface area contributed by atoms with E-state index in [1.54, 1.807) is 24.3 Å². The Balaban J connectivity index is 2.03. The van der Waals surface area contributed by atoms with Crippen LogP contribution in [0.1, 0.15) is 10.4 Å². The zero-order chi connectivity index (χ0) is 20.3. The number of rotatable bonds is 6. The highest BCUT2D eigenvalue weighted by Gasteiger charge is 2.26. The minimum Gasteiger partial charge on any atom is -0.493 e. The molecule has 3 rings (SSSR count). The number of carbonyl (C=O) groups is 1. The maximum absolute atomic E-state index is 12.7. The molecule has 0 aromatic heterocycles. The largest absolute Gasteiger partial charge is 0.493 e. The van der Waals surface area contributed by atoms with Gasteiger partial charge in [-0.3, -0.25) is 14.9 Å². The van der Waals surface area contributed by atoms with Crippen molar-refractivity contribution in [3.05, 3.63) is 70.3 Å². The van der Waals surface area contributed by atoms with E-state index < -0.39 is 28.9 Å². The van der Waals surface area contributed by atoms with Crippen LogP contribution in [0.5, 0.6) is 11.5 Å². The number of alkyl halides is 2. The second-order valence-corrected chi connectivity index (χ2v) is 5.64. The van der Waals surface area contributed by atoms with Gasteiger partial charge in [-0.1, -0.05) is 36.4 Å². The molecule has 0 atom stereocenters. The molecule has 0 saturated heterocycles. The molecule has 1 N–H and O–H groups in total. The topological polar surface area (TPSA) is 90.7 Å². The number of nitrogens with one attached hydrogen (secondary N) is 1. The number of hydrogen-bond acceptors (Lipinski definition) is 5. The highest BCUT2D eigenvalue weighted by atomic mass is 19.3. The number of nitrogens with zero attached hydrogens (tertiary/aromatic N) is 1. The van der Waals surface area contributed by atoms with Gasteiger partial charge in [0, 0.05) is 17.1 Å². The number of halogens is 2. The molecule has 7 nitrogen and oxygen atoms in total. The van der Waals surface area contributed by atoms with Crippen LogP contribution in [0.3, 0.4) is 0 Å². The van der Waals surface area contributed by atoms with Crippen LogP contribution in [0.25, 0.3) is 10.8 Å². The van der Waals surface area contributed by atoms with Gasteiger partial charge in [0.1, 0.15) is 5.56 Å². The zero-order valence-corrected chi connectivity index (χ0v) is 14.5. The summed E-state index contributed by atoms with van der Waals surface area (Å²) < 4.78 is 34.2. The molecule has 144 valence electrons. The summed E-state index contributed by atoms with van der Waals surface area (Å²) in [6.07, 6.45) is 0. The molecule has 0 aliphatic rings. The summed E-state index contributed by atoms with van der Waals surface area (Å²) >= 11 is 0. The van der Waals surface area contributed by atoms with E-state index in [0.717, 1.165) is 22.9 Å². The lowest BCUT2D eigenvalue weighted by atomic mass is 10.1. The van der Waals surface area contributed by atoms with Crippen LogP contribution in [0.15, 0.2) is 54.6 Å². The molecule has 0 aliphatic heterocycles. The zero-order valence-electron chi connectivity index (χ0n) is 14.5. The Morgan fingerprint density at radius 1 is 1.11 bits per heavy atom. The summed E-state index contributed by atoms with van der Waals surface area (Å²) in [5, 5.41) is 15.6. The van der Waals surface area contributed by atoms with Crippen molar-refractivity contribution in [1.82, 2.24) is 0 Å². The molecule has 0 unspecified atom stereocenters. The first-order valence-electron chi connectivity index (χ1n) is 8.01. The highest BCUT2D eigenvalue weighted by molar-refractivity contribution is 6.11. The van der Waals surface area contributed by atoms with Gasteiger partial charge in [-0.25, -0.2) is 0 Å². The van der Waals surface area contributed by atoms with E-state index in [4.69, 9.17) is 4.74 Å². The van der Waals surface area contributed by atoms with E-state index in [0.29, 0.717) is 5.69 Å². The van der Waals surface area contributed by atoms with Crippen LogP contribution in [0, 0.1) is 10.1 Å². The van der Waals surface area contributed by atoms with E-state index in [2.05, 4.69) is 10.1 Å². The second kappa shape index (κ2) is 7.87. The third-order valence-corrected chi connectivity index (χ3v) is 3.98. The molecule has 3 aromatic carbocycles. The van der Waals surface area contributed by atoms with Crippen molar-refractivity contribution in [2.75, 3.05) is 12.4 Å². The van der Waals surface area contributed by atoms with Gasteiger partial charge in [0.2, 0.25) is 0 Å². The van der Waals surface area contributed by atoms with Crippen LogP contribution in [0.4, 0.5) is 20.2 Å². The lowest BCUT2D eigenvalue weighted by Gasteiger charge is -2.13. The SMILES string of the molecule is COc1cc(C(=O)Nc2cccc3ccccc23)c([N+](=O)[O-])cc1OC(F)F. The second-order valence-electron chi connectivity index (χ2n) is 5.64. The van der Waals surface area contributed by atoms with E-state index in [1.165, 1.54) is 7.11 Å². The summed E-state index contributed by atoms with van der Waals surface area (Å²) in [6, 6.07) is 14.2. The van der Waals surface area contributed by atoms with Gasteiger partial charge < -0.3 is 14.8 Å². The number of benzene rings is 3. The molecule has 3 aromatic rings. The first kappa shape index (κ1) is 19.0. The van der Waals surface area contributed by atoms with Gasteiger partial charge in [0.25, 0.3) is 11.6 Å². The molecule has 0 aliphatic carbocycles. The van der Waals surface area contributed by atoms with Gasteiger partial charge in [0.15, 0.2) is 11.5 Å². The van der Waals surface area contributed by atoms with Gasteiger partial charge in [0.05, 0.1) is 18.1 Å². The predicted molar refractivity (Wildman–Crippen MR) is 98.2 cm³/mol. The first-order valence-corrected chi connectivity index (χ1v) is 8.01. The maximum Gasteiger partial charge on any atom is 0.387 e. The average Bonchev–Trinajstić information content (AvgIpc) is 2.67. The van der Waals surface area contributed by atoms with Crippen LogP contribution >= 0.6 is 0 Å². The normalized spacial score (nSPS) is 10.7. The molecule has 0 heterocycles. The number of methoxy groups -OCH3 is 1. The third kappa shape index (κ3) is 3.83. The minimum absolute atomic E-state index is 0.228. The number of hydrogen-bond donors (Lipinski definition) is 1. The van der Waals surface area contributed by atoms with Crippen LogP contribution < -0.4 is 14.8 Å². The Morgan fingerprint density at radius 3 is 2.50 bits per heavy atom. The van der Waals surface area contributed by atoms with Crippen LogP contribution in [-0.2, 0) is 0 Å². The third-order valence-electron chi connectivity index (χ3n) is 3.98. The molecular weight excluding hydrogens is 374 g/mol. The van der Waals surface area contributed by atoms with Crippen molar-refractivity contribution < 1.29 is 28.0 Å². The Labute approximate surface area is 157 Å². The number of fused-ring (bicyclic) bond motifs is 1. The standard InChI is InChI=1S/C19H14F2N2O5/c1-27-16-9-13(15(23(25)26)10-17(16)28-19(20)21)18(24)22-14-8-4-6-11-5-2-3-7-12(11)14/h2-10,19H,1H3,(H,22,24). The Hall–Kier alpha value is -3.75. The Bertz CT molecular complexity index is 1050. The average molecular weight is 388 g/mol. The fraction of sp³-hybridized carbons (Fsp3) is 0.105. The van der Waals surface area contributed by atoms with Gasteiger partial charge in [-0.15, -0.1) is 0 Å². The molecule has 0 radical (unpaired) electrons. The monoisotopic (exact) mass is 388 g/mol. The summed E-state index contributed by atoms with van der Waals surface area (Å²) in [4.78, 5) is 23.2. The van der Waals surface area contributed by atoms with E-state index in [-0.39, 0.29) is 11.3 Å². The van der Waals surface area contributed by atoms with Gasteiger partial charge in [-0.2, -0.15) is 8.78 Å². The molecule has 1 amide bonds. The van der Waals surface area contributed by atoms with Crippen molar-refractivity contribution in [2.24, 2.45) is 0 Å². The smallest absolute Gasteiger partial charge is 0.387 e. The first-order chi connectivity index (χ1) is 13.4. The number of anilines is 1. The van der Waals surface area contributed by atoms with Crippen molar-refractivity contribution in [2.45, 2.75) is 6.61 Å². The van der Waals surface area contributed by atoms with Crippen LogP contribution in [-0.4, -0.2) is 24.6 Å². The number of carbonyl (C=O) groups excluding carboxylic acids is 1. The fourth-order valence-corrected chi connectivity index (χ4v) is 2.75. The van der Waals surface area contributed by atoms with Gasteiger partial charge >= 0.3 is 6.61 Å². The van der Waals surface area contributed by atoms with E-state index >= 15 is 0 Å². The summed E-state index contributed by atoms with van der Waals surface area (Å²) in [5.41, 5.74) is -0.588. The molecule has 0 saturated carbocycles. The molecule has 0 bridgehead atoms. The van der Waals surface area contributed by atoms with Crippen molar-refractivity contribution in [3.63, 3.8) is 0 Å². The molecule has 28 heavy (non-hydrogen) atoms. The van der Waals surface area contributed by atoms with Crippen molar-refractivity contribution in [1.29, 1.82) is 0 Å². The molecular formula is C19H14F2N2O5.